The Labute approximate surface area is 161 Å². The average Bonchev–Trinajstić information content (AvgIpc) is 2.95. The first-order valence-corrected chi connectivity index (χ1v) is 9.91. The van der Waals surface area contributed by atoms with Gasteiger partial charge in [-0.05, 0) is 53.6 Å². The molecule has 1 heterocycles. The molecule has 0 saturated heterocycles. The zero-order valence-corrected chi connectivity index (χ0v) is 16.0. The van der Waals surface area contributed by atoms with Crippen LogP contribution in [0.1, 0.15) is 18.1 Å². The van der Waals surface area contributed by atoms with Crippen molar-refractivity contribution in [2.45, 2.75) is 12.7 Å². The molecule has 0 fully saturated rings. The summed E-state index contributed by atoms with van der Waals surface area (Å²) in [4.78, 5) is 16.6. The first-order chi connectivity index (χ1) is 12.1. The number of rotatable bonds is 4. The molecule has 0 unspecified atom stereocenters. The third-order valence-electron chi connectivity index (χ3n) is 3.43. The smallest absolute Gasteiger partial charge is 0.244 e. The molecule has 0 bridgehead atoms. The van der Waals surface area contributed by atoms with Crippen LogP contribution in [0, 0.1) is 0 Å². The molecule has 126 valence electrons. The van der Waals surface area contributed by atoms with Crippen LogP contribution in [-0.4, -0.2) is 9.49 Å². The zero-order valence-electron chi connectivity index (χ0n) is 13.6. The number of hydrogen-bond acceptors (Lipinski definition) is 4. The number of carbonyl (C=O) groups excluding carboxylic acids is 1. The quantitative estimate of drug-likeness (QED) is 0.587. The summed E-state index contributed by atoms with van der Waals surface area (Å²) >= 11 is 8.66. The van der Waals surface area contributed by atoms with Crippen LogP contribution >= 0.6 is 35.1 Å². The van der Waals surface area contributed by atoms with Gasteiger partial charge in [-0.25, -0.2) is 4.99 Å². The zero-order chi connectivity index (χ0) is 17.6. The minimum atomic E-state index is -0.000539. The van der Waals surface area contributed by atoms with E-state index in [1.165, 1.54) is 11.8 Å². The van der Waals surface area contributed by atoms with Gasteiger partial charge in [0.05, 0.1) is 0 Å². The monoisotopic (exact) mass is 385 g/mol. The molecular weight excluding hydrogens is 370 g/mol. The number of allylic oxidation sites excluding steroid dienone is 2. The van der Waals surface area contributed by atoms with E-state index in [1.54, 1.807) is 11.8 Å². The third kappa shape index (κ3) is 5.36. The molecule has 25 heavy (non-hydrogen) atoms. The molecule has 1 aliphatic heterocycles. The van der Waals surface area contributed by atoms with Crippen molar-refractivity contribution >= 4 is 50.7 Å². The number of carbonyl (C=O) groups is 1. The summed E-state index contributed by atoms with van der Waals surface area (Å²) in [5, 5.41) is 0.724. The summed E-state index contributed by atoms with van der Waals surface area (Å²) in [6.45, 7) is 1.98. The van der Waals surface area contributed by atoms with E-state index >= 15 is 0 Å². The minimum absolute atomic E-state index is 0.000539. The lowest BCUT2D eigenvalue weighted by Crippen LogP contribution is -1.89. The topological polar surface area (TPSA) is 29.4 Å². The summed E-state index contributed by atoms with van der Waals surface area (Å²) < 4.78 is 0.790. The lowest BCUT2D eigenvalue weighted by atomic mass is 10.1. The number of benzene rings is 2. The Bertz CT molecular complexity index is 855. The van der Waals surface area contributed by atoms with Crippen LogP contribution in [-0.2, 0) is 10.5 Å². The van der Waals surface area contributed by atoms with Gasteiger partial charge in [-0.3, -0.25) is 4.79 Å². The Morgan fingerprint density at radius 1 is 1.16 bits per heavy atom. The number of nitrogens with zero attached hydrogens (tertiary/aromatic N) is 1. The van der Waals surface area contributed by atoms with Crippen molar-refractivity contribution < 1.29 is 4.79 Å². The van der Waals surface area contributed by atoms with Gasteiger partial charge in [0, 0.05) is 10.8 Å². The van der Waals surface area contributed by atoms with Gasteiger partial charge in [-0.15, -0.1) is 0 Å². The van der Waals surface area contributed by atoms with E-state index in [2.05, 4.69) is 4.99 Å². The summed E-state index contributed by atoms with van der Waals surface area (Å²) in [7, 11) is 0. The van der Waals surface area contributed by atoms with Crippen LogP contribution < -0.4 is 0 Å². The second-order valence-electron chi connectivity index (χ2n) is 5.51. The molecule has 3 rings (SSSR count). The highest BCUT2D eigenvalue weighted by Crippen LogP contribution is 2.32. The van der Waals surface area contributed by atoms with E-state index in [9.17, 15) is 4.79 Å². The van der Waals surface area contributed by atoms with E-state index in [-0.39, 0.29) is 5.12 Å². The fraction of sp³-hybridized carbons (Fsp3) is 0.100. The van der Waals surface area contributed by atoms with Crippen molar-refractivity contribution in [1.82, 2.24) is 0 Å². The molecule has 1 aliphatic rings. The van der Waals surface area contributed by atoms with Gasteiger partial charge < -0.3 is 0 Å². The molecule has 0 aromatic heterocycles. The van der Waals surface area contributed by atoms with Crippen LogP contribution in [0.2, 0.25) is 5.02 Å². The highest BCUT2D eigenvalue weighted by atomic mass is 35.5. The maximum atomic E-state index is 12.2. The molecule has 2 aromatic rings. The Balaban J connectivity index is 1.67. The van der Waals surface area contributed by atoms with Crippen molar-refractivity contribution in [1.29, 1.82) is 0 Å². The van der Waals surface area contributed by atoms with Crippen LogP contribution in [0.5, 0.6) is 0 Å². The fourth-order valence-corrected chi connectivity index (χ4v) is 4.17. The van der Waals surface area contributed by atoms with E-state index in [0.29, 0.717) is 5.70 Å². The van der Waals surface area contributed by atoms with Crippen molar-refractivity contribution in [3.05, 3.63) is 88.1 Å². The molecule has 2 aromatic carbocycles. The highest BCUT2D eigenvalue weighted by Gasteiger charge is 2.22. The van der Waals surface area contributed by atoms with Crippen molar-refractivity contribution in [3.63, 3.8) is 0 Å². The minimum Gasteiger partial charge on any atom is -0.279 e. The molecule has 0 aliphatic carbocycles. The van der Waals surface area contributed by atoms with E-state index in [1.807, 2.05) is 73.7 Å². The molecule has 2 nitrogen and oxygen atoms in total. The molecule has 0 spiro atoms. The van der Waals surface area contributed by atoms with Crippen molar-refractivity contribution in [2.24, 2.45) is 4.99 Å². The predicted octanol–water partition coefficient (Wildman–Crippen LogP) is 6.19. The second kappa shape index (κ2) is 8.56. The van der Waals surface area contributed by atoms with Gasteiger partial charge in [0.15, 0.2) is 0 Å². The number of thioether (sulfide) groups is 2. The Hall–Kier alpha value is -1.75. The van der Waals surface area contributed by atoms with Gasteiger partial charge in [-0.2, -0.15) is 0 Å². The summed E-state index contributed by atoms with van der Waals surface area (Å²) in [6.07, 6.45) is 3.89. The number of hydrogen-bond donors (Lipinski definition) is 0. The summed E-state index contributed by atoms with van der Waals surface area (Å²) in [5.41, 5.74) is 3.77. The van der Waals surface area contributed by atoms with Gasteiger partial charge in [-0.1, -0.05) is 71.9 Å². The molecule has 0 amide bonds. The first-order valence-electron chi connectivity index (χ1n) is 7.73. The van der Waals surface area contributed by atoms with Gasteiger partial charge in [0.1, 0.15) is 10.1 Å². The third-order valence-corrected chi connectivity index (χ3v) is 5.77. The number of aliphatic imine (C=N–C) groups is 1. The lowest BCUT2D eigenvalue weighted by Gasteiger charge is -1.99. The maximum absolute atomic E-state index is 12.2. The normalized spacial score (nSPS) is 16.4. The lowest BCUT2D eigenvalue weighted by molar-refractivity contribution is -0.107. The standard InChI is InChI=1S/C20H16ClNOS2/c1-14(11-15-5-3-2-4-6-15)12-18-19(23)25-20(22-18)24-13-16-7-9-17(21)10-8-16/h2-12H,13H2,1H3. The molecule has 5 heteroatoms. The van der Waals surface area contributed by atoms with E-state index in [4.69, 9.17) is 11.6 Å². The van der Waals surface area contributed by atoms with Crippen LogP contribution in [0.3, 0.4) is 0 Å². The van der Waals surface area contributed by atoms with Gasteiger partial charge in [0.2, 0.25) is 5.12 Å². The SMILES string of the molecule is CC(=Cc1ccccc1)C=C1N=C(SCc2ccc(Cl)cc2)SC1=O. The van der Waals surface area contributed by atoms with Crippen LogP contribution in [0.4, 0.5) is 0 Å². The van der Waals surface area contributed by atoms with E-state index in [0.717, 1.165) is 31.9 Å². The van der Waals surface area contributed by atoms with Crippen LogP contribution in [0.15, 0.2) is 76.9 Å². The molecule has 0 atom stereocenters. The molecular formula is C20H16ClNOS2. The average molecular weight is 386 g/mol. The van der Waals surface area contributed by atoms with Gasteiger partial charge >= 0.3 is 0 Å². The molecule has 0 radical (unpaired) electrons. The molecule has 0 saturated carbocycles. The van der Waals surface area contributed by atoms with Crippen LogP contribution in [0.25, 0.3) is 6.08 Å². The number of halogens is 1. The largest absolute Gasteiger partial charge is 0.279 e. The van der Waals surface area contributed by atoms with Crippen molar-refractivity contribution in [2.75, 3.05) is 0 Å². The Kier molecular flexibility index (Phi) is 6.19. The second-order valence-corrected chi connectivity index (χ2v) is 8.13. The maximum Gasteiger partial charge on any atom is 0.244 e. The van der Waals surface area contributed by atoms with Crippen molar-refractivity contribution in [3.8, 4) is 0 Å². The van der Waals surface area contributed by atoms with E-state index < -0.39 is 0 Å². The first kappa shape index (κ1) is 18.1. The fourth-order valence-electron chi connectivity index (χ4n) is 2.25. The Morgan fingerprint density at radius 3 is 2.60 bits per heavy atom. The highest BCUT2D eigenvalue weighted by molar-refractivity contribution is 8.45. The molecule has 0 N–H and O–H groups in total. The summed E-state index contributed by atoms with van der Waals surface area (Å²) in [6, 6.07) is 17.7. The predicted molar refractivity (Wildman–Crippen MR) is 111 cm³/mol. The summed E-state index contributed by atoms with van der Waals surface area (Å²) in [5.74, 6) is 0.766. The Morgan fingerprint density at radius 2 is 1.88 bits per heavy atom. The van der Waals surface area contributed by atoms with Gasteiger partial charge in [0.25, 0.3) is 0 Å².